The van der Waals surface area contributed by atoms with Crippen molar-refractivity contribution in [1.82, 2.24) is 10.6 Å². The zero-order valence-corrected chi connectivity index (χ0v) is 13.1. The van der Waals surface area contributed by atoms with E-state index in [1.165, 1.54) is 12.8 Å². The first-order valence-corrected chi connectivity index (χ1v) is 8.31. The average molecular weight is 296 g/mol. The lowest BCUT2D eigenvalue weighted by molar-refractivity contribution is -0.142. The van der Waals surface area contributed by atoms with Gasteiger partial charge < -0.3 is 15.7 Å². The molecular formula is C16H28N2O3. The fourth-order valence-corrected chi connectivity index (χ4v) is 3.91. The third-order valence-electron chi connectivity index (χ3n) is 5.48. The lowest BCUT2D eigenvalue weighted by atomic mass is 9.86. The van der Waals surface area contributed by atoms with E-state index < -0.39 is 5.97 Å². The summed E-state index contributed by atoms with van der Waals surface area (Å²) in [5.74, 6) is 0.333. The van der Waals surface area contributed by atoms with Gasteiger partial charge in [-0.05, 0) is 50.4 Å². The van der Waals surface area contributed by atoms with Crippen LogP contribution in [-0.2, 0) is 4.79 Å². The first-order valence-electron chi connectivity index (χ1n) is 8.31. The maximum atomic E-state index is 12.1. The van der Waals surface area contributed by atoms with Gasteiger partial charge in [0.25, 0.3) is 0 Å². The van der Waals surface area contributed by atoms with Gasteiger partial charge >= 0.3 is 12.0 Å². The molecule has 3 atom stereocenters. The second kappa shape index (κ2) is 7.14. The van der Waals surface area contributed by atoms with E-state index in [4.69, 9.17) is 5.11 Å². The van der Waals surface area contributed by atoms with Crippen molar-refractivity contribution >= 4 is 12.0 Å². The number of rotatable bonds is 4. The van der Waals surface area contributed by atoms with E-state index in [9.17, 15) is 9.59 Å². The number of amides is 2. The van der Waals surface area contributed by atoms with Gasteiger partial charge in [-0.2, -0.15) is 0 Å². The molecule has 21 heavy (non-hydrogen) atoms. The fraction of sp³-hybridized carbons (Fsp3) is 0.875. The molecule has 2 fully saturated rings. The van der Waals surface area contributed by atoms with Gasteiger partial charge in [-0.25, -0.2) is 4.79 Å². The van der Waals surface area contributed by atoms with Crippen molar-refractivity contribution in [1.29, 1.82) is 0 Å². The second-order valence-corrected chi connectivity index (χ2v) is 6.72. The molecule has 2 aliphatic rings. The molecule has 0 aromatic rings. The minimum atomic E-state index is -0.705. The number of carboxylic acid groups (broad SMARTS) is 1. The number of hydrogen-bond donors (Lipinski definition) is 3. The number of carbonyl (C=O) groups excluding carboxylic acids is 1. The van der Waals surface area contributed by atoms with Gasteiger partial charge in [0.2, 0.25) is 0 Å². The van der Waals surface area contributed by atoms with Gasteiger partial charge in [-0.1, -0.05) is 20.3 Å². The summed E-state index contributed by atoms with van der Waals surface area (Å²) in [4.78, 5) is 23.0. The summed E-state index contributed by atoms with van der Waals surface area (Å²) in [6.45, 7) is 4.44. The highest BCUT2D eigenvalue weighted by Gasteiger charge is 2.33. The Bertz CT molecular complexity index is 378. The molecule has 0 aromatic carbocycles. The molecule has 0 spiro atoms. The van der Waals surface area contributed by atoms with Gasteiger partial charge in [0.15, 0.2) is 0 Å². The highest BCUT2D eigenvalue weighted by Crippen LogP contribution is 2.33. The van der Waals surface area contributed by atoms with Crippen LogP contribution in [0.25, 0.3) is 0 Å². The van der Waals surface area contributed by atoms with Crippen LogP contribution in [-0.4, -0.2) is 29.2 Å². The van der Waals surface area contributed by atoms with Crippen molar-refractivity contribution in [3.8, 4) is 0 Å². The first kappa shape index (κ1) is 16.1. The predicted octanol–water partition coefficient (Wildman–Crippen LogP) is 2.75. The van der Waals surface area contributed by atoms with E-state index in [0.29, 0.717) is 18.8 Å². The number of carboxylic acids is 1. The zero-order chi connectivity index (χ0) is 15.4. The van der Waals surface area contributed by atoms with E-state index in [2.05, 4.69) is 24.5 Å². The normalized spacial score (nSPS) is 36.2. The summed E-state index contributed by atoms with van der Waals surface area (Å²) in [5.41, 5.74) is 0. The summed E-state index contributed by atoms with van der Waals surface area (Å²) in [6.07, 6.45) is 6.31. The van der Waals surface area contributed by atoms with Gasteiger partial charge in [0.05, 0.1) is 5.92 Å². The quantitative estimate of drug-likeness (QED) is 0.746. The van der Waals surface area contributed by atoms with Gasteiger partial charge in [0, 0.05) is 12.1 Å². The third-order valence-corrected chi connectivity index (χ3v) is 5.48. The SMILES string of the molecule is CCC1CCC(NC(=O)NC2CCC(C(=O)O)CC2)C1C. The topological polar surface area (TPSA) is 78.4 Å². The molecule has 0 aromatic heterocycles. The fourth-order valence-electron chi connectivity index (χ4n) is 3.91. The molecule has 3 unspecified atom stereocenters. The summed E-state index contributed by atoms with van der Waals surface area (Å²) in [5, 5.41) is 15.1. The van der Waals surface area contributed by atoms with Crippen LogP contribution in [0.4, 0.5) is 4.79 Å². The Labute approximate surface area is 126 Å². The molecule has 0 heterocycles. The monoisotopic (exact) mass is 296 g/mol. The van der Waals surface area contributed by atoms with E-state index in [-0.39, 0.29) is 24.0 Å². The Morgan fingerprint density at radius 2 is 1.71 bits per heavy atom. The van der Waals surface area contributed by atoms with Crippen LogP contribution >= 0.6 is 0 Å². The molecule has 2 saturated carbocycles. The Hall–Kier alpha value is -1.26. The van der Waals surface area contributed by atoms with E-state index in [1.807, 2.05) is 0 Å². The molecule has 2 amide bonds. The molecule has 0 bridgehead atoms. The number of hydrogen-bond acceptors (Lipinski definition) is 2. The van der Waals surface area contributed by atoms with Crippen molar-refractivity contribution in [3.63, 3.8) is 0 Å². The molecular weight excluding hydrogens is 268 g/mol. The molecule has 0 aliphatic heterocycles. The molecule has 2 aliphatic carbocycles. The number of carbonyl (C=O) groups is 2. The molecule has 0 saturated heterocycles. The van der Waals surface area contributed by atoms with E-state index in [0.717, 1.165) is 25.2 Å². The van der Waals surface area contributed by atoms with Crippen LogP contribution in [0, 0.1) is 17.8 Å². The van der Waals surface area contributed by atoms with Gasteiger partial charge in [0.1, 0.15) is 0 Å². The predicted molar refractivity (Wildman–Crippen MR) is 81.0 cm³/mol. The van der Waals surface area contributed by atoms with Crippen LogP contribution in [0.1, 0.15) is 58.8 Å². The van der Waals surface area contributed by atoms with Crippen LogP contribution < -0.4 is 10.6 Å². The standard InChI is InChI=1S/C16H28N2O3/c1-3-11-6-9-14(10(11)2)18-16(21)17-13-7-4-12(5-8-13)15(19)20/h10-14H,3-9H2,1-2H3,(H,19,20)(H2,17,18,21). The minimum absolute atomic E-state index is 0.0811. The maximum absolute atomic E-state index is 12.1. The molecule has 5 heteroatoms. The first-order chi connectivity index (χ1) is 10.0. The number of nitrogens with one attached hydrogen (secondary N) is 2. The minimum Gasteiger partial charge on any atom is -0.481 e. The highest BCUT2D eigenvalue weighted by atomic mass is 16.4. The molecule has 2 rings (SSSR count). The van der Waals surface area contributed by atoms with Crippen LogP contribution in [0.15, 0.2) is 0 Å². The Morgan fingerprint density at radius 1 is 1.05 bits per heavy atom. The van der Waals surface area contributed by atoms with E-state index >= 15 is 0 Å². The van der Waals surface area contributed by atoms with Crippen molar-refractivity contribution in [2.75, 3.05) is 0 Å². The summed E-state index contributed by atoms with van der Waals surface area (Å²) < 4.78 is 0. The zero-order valence-electron chi connectivity index (χ0n) is 13.1. The number of urea groups is 1. The van der Waals surface area contributed by atoms with Crippen molar-refractivity contribution in [3.05, 3.63) is 0 Å². The van der Waals surface area contributed by atoms with Gasteiger partial charge in [-0.3, -0.25) is 4.79 Å². The molecule has 5 nitrogen and oxygen atoms in total. The molecule has 120 valence electrons. The summed E-state index contributed by atoms with van der Waals surface area (Å²) >= 11 is 0. The maximum Gasteiger partial charge on any atom is 0.315 e. The molecule has 0 radical (unpaired) electrons. The highest BCUT2D eigenvalue weighted by molar-refractivity contribution is 5.75. The summed E-state index contributed by atoms with van der Waals surface area (Å²) in [7, 11) is 0. The second-order valence-electron chi connectivity index (χ2n) is 6.72. The van der Waals surface area contributed by atoms with Crippen LogP contribution in [0.2, 0.25) is 0 Å². The van der Waals surface area contributed by atoms with Crippen molar-refractivity contribution < 1.29 is 14.7 Å². The van der Waals surface area contributed by atoms with E-state index in [1.54, 1.807) is 0 Å². The largest absolute Gasteiger partial charge is 0.481 e. The number of aliphatic carboxylic acids is 1. The van der Waals surface area contributed by atoms with Crippen molar-refractivity contribution in [2.45, 2.75) is 70.9 Å². The Kier molecular flexibility index (Phi) is 5.48. The van der Waals surface area contributed by atoms with Crippen molar-refractivity contribution in [2.24, 2.45) is 17.8 Å². The lowest BCUT2D eigenvalue weighted by Crippen LogP contribution is -2.48. The lowest BCUT2D eigenvalue weighted by Gasteiger charge is -2.28. The average Bonchev–Trinajstić information content (AvgIpc) is 2.80. The summed E-state index contributed by atoms with van der Waals surface area (Å²) in [6, 6.07) is 0.326. The molecule has 3 N–H and O–H groups in total. The smallest absolute Gasteiger partial charge is 0.315 e. The Morgan fingerprint density at radius 3 is 2.24 bits per heavy atom. The third kappa shape index (κ3) is 4.11. The Balaban J connectivity index is 1.72. The van der Waals surface area contributed by atoms with Gasteiger partial charge in [-0.15, -0.1) is 0 Å². The van der Waals surface area contributed by atoms with Crippen LogP contribution in [0.5, 0.6) is 0 Å². The van der Waals surface area contributed by atoms with Crippen LogP contribution in [0.3, 0.4) is 0 Å².